The summed E-state index contributed by atoms with van der Waals surface area (Å²) < 4.78 is 34.4. The zero-order valence-corrected chi connectivity index (χ0v) is 18.8. The van der Waals surface area contributed by atoms with Crippen molar-refractivity contribution in [2.75, 3.05) is 4.72 Å². The van der Waals surface area contributed by atoms with Gasteiger partial charge in [0.25, 0.3) is 15.7 Å². The number of non-ortho nitro benzene ring substituents is 1. The minimum absolute atomic E-state index is 0.140. The van der Waals surface area contributed by atoms with Crippen molar-refractivity contribution in [2.45, 2.75) is 63.4 Å². The summed E-state index contributed by atoms with van der Waals surface area (Å²) in [6.07, 6.45) is 4.43. The van der Waals surface area contributed by atoms with Crippen LogP contribution in [0, 0.1) is 21.4 Å². The van der Waals surface area contributed by atoms with Crippen LogP contribution < -0.4 is 9.46 Å². The smallest absolute Gasteiger partial charge is 0.270 e. The van der Waals surface area contributed by atoms with E-state index in [1.807, 2.05) is 12.1 Å². The molecule has 2 aromatic carbocycles. The van der Waals surface area contributed by atoms with E-state index in [0.717, 1.165) is 43.1 Å². The van der Waals surface area contributed by atoms with Gasteiger partial charge < -0.3 is 4.74 Å². The molecule has 3 atom stereocenters. The van der Waals surface area contributed by atoms with Gasteiger partial charge in [0.15, 0.2) is 0 Å². The summed E-state index contributed by atoms with van der Waals surface area (Å²) in [7, 11) is -3.95. The predicted octanol–water partition coefficient (Wildman–Crippen LogP) is 5.48. The summed E-state index contributed by atoms with van der Waals surface area (Å²) in [6.45, 7) is 6.86. The minimum atomic E-state index is -3.95. The molecule has 0 aromatic heterocycles. The third-order valence-corrected chi connectivity index (χ3v) is 8.46. The van der Waals surface area contributed by atoms with Crippen molar-refractivity contribution in [1.29, 1.82) is 0 Å². The molecule has 0 unspecified atom stereocenters. The number of nitrogens with zero attached hydrogens (tertiary/aromatic N) is 1. The maximum Gasteiger partial charge on any atom is 0.270 e. The third-order valence-electron chi connectivity index (χ3n) is 7.08. The van der Waals surface area contributed by atoms with Gasteiger partial charge in [-0.3, -0.25) is 14.8 Å². The lowest BCUT2D eigenvalue weighted by molar-refractivity contribution is -0.385. The normalized spacial score (nSPS) is 22.9. The predicted molar refractivity (Wildman–Crippen MR) is 119 cm³/mol. The Morgan fingerprint density at radius 1 is 1.19 bits per heavy atom. The Bertz CT molecular complexity index is 1110. The van der Waals surface area contributed by atoms with Crippen molar-refractivity contribution in [2.24, 2.45) is 11.3 Å². The lowest BCUT2D eigenvalue weighted by Crippen LogP contribution is -2.34. The van der Waals surface area contributed by atoms with Gasteiger partial charge in [-0.05, 0) is 54.9 Å². The molecular formula is C23H28N2O5S. The SMILES string of the molecule is CCC(C)(C)[C@@H]1CC[C@H]2Oc3ccc(NS(=O)(=O)c4cccc([N+](=O)[O-])c4)cc3[C@H]2C1. The Labute approximate surface area is 183 Å². The average molecular weight is 445 g/mol. The van der Waals surface area contributed by atoms with Gasteiger partial charge in [0.05, 0.1) is 9.82 Å². The molecule has 2 aromatic rings. The van der Waals surface area contributed by atoms with Crippen molar-refractivity contribution >= 4 is 21.4 Å². The summed E-state index contributed by atoms with van der Waals surface area (Å²) in [5, 5.41) is 11.0. The van der Waals surface area contributed by atoms with Crippen molar-refractivity contribution in [3.8, 4) is 5.75 Å². The fourth-order valence-corrected chi connectivity index (χ4v) is 5.85. The molecule has 0 bridgehead atoms. The number of anilines is 1. The van der Waals surface area contributed by atoms with Crippen LogP contribution in [-0.2, 0) is 10.0 Å². The highest BCUT2D eigenvalue weighted by Gasteiger charge is 2.43. The van der Waals surface area contributed by atoms with Gasteiger partial charge in [-0.2, -0.15) is 0 Å². The van der Waals surface area contributed by atoms with Crippen LogP contribution in [0.4, 0.5) is 11.4 Å². The Balaban J connectivity index is 1.59. The summed E-state index contributed by atoms with van der Waals surface area (Å²) in [5.41, 5.74) is 1.47. The van der Waals surface area contributed by atoms with Crippen LogP contribution in [0.2, 0.25) is 0 Å². The molecule has 166 valence electrons. The quantitative estimate of drug-likeness (QED) is 0.470. The van der Waals surface area contributed by atoms with E-state index in [0.29, 0.717) is 11.6 Å². The Morgan fingerprint density at radius 3 is 2.68 bits per heavy atom. The number of hydrogen-bond acceptors (Lipinski definition) is 5. The van der Waals surface area contributed by atoms with Crippen molar-refractivity contribution < 1.29 is 18.1 Å². The minimum Gasteiger partial charge on any atom is -0.489 e. The lowest BCUT2D eigenvalue weighted by Gasteiger charge is -2.40. The molecule has 1 saturated carbocycles. The highest BCUT2D eigenvalue weighted by atomic mass is 32.2. The first kappa shape index (κ1) is 21.6. The molecule has 2 aliphatic rings. The van der Waals surface area contributed by atoms with Gasteiger partial charge >= 0.3 is 0 Å². The molecule has 1 heterocycles. The molecule has 0 spiro atoms. The Morgan fingerprint density at radius 2 is 1.97 bits per heavy atom. The Hall–Kier alpha value is -2.61. The van der Waals surface area contributed by atoms with E-state index in [1.165, 1.54) is 18.2 Å². The average Bonchev–Trinajstić information content (AvgIpc) is 3.11. The summed E-state index contributed by atoms with van der Waals surface area (Å²) in [4.78, 5) is 10.2. The molecule has 8 heteroatoms. The molecule has 1 aliphatic heterocycles. The lowest BCUT2D eigenvalue weighted by atomic mass is 9.65. The van der Waals surface area contributed by atoms with Gasteiger partial charge in [-0.1, -0.05) is 33.3 Å². The van der Waals surface area contributed by atoms with E-state index < -0.39 is 14.9 Å². The van der Waals surface area contributed by atoms with E-state index in [9.17, 15) is 18.5 Å². The number of fused-ring (bicyclic) bond motifs is 3. The number of nitrogens with one attached hydrogen (secondary N) is 1. The zero-order chi connectivity index (χ0) is 22.4. The summed E-state index contributed by atoms with van der Waals surface area (Å²) in [6, 6.07) is 10.4. The van der Waals surface area contributed by atoms with Gasteiger partial charge in [0.2, 0.25) is 0 Å². The van der Waals surface area contributed by atoms with Crippen LogP contribution in [0.3, 0.4) is 0 Å². The Kier molecular flexibility index (Phi) is 5.45. The standard InChI is InChI=1S/C23H28N2O5S/c1-4-23(2,3)15-8-10-21-19(12-15)20-13-16(9-11-22(20)30-21)24-31(28,29)18-7-5-6-17(14-18)25(26)27/h5-7,9,11,13-15,19,21,24H,4,8,10,12H2,1-3H3/t15-,19-,21-/m1/s1. The molecule has 4 rings (SSSR count). The van der Waals surface area contributed by atoms with E-state index in [4.69, 9.17) is 4.74 Å². The largest absolute Gasteiger partial charge is 0.489 e. The second kappa shape index (κ2) is 7.82. The van der Waals surface area contributed by atoms with Crippen LogP contribution >= 0.6 is 0 Å². The molecular weight excluding hydrogens is 416 g/mol. The first-order valence-electron chi connectivity index (χ1n) is 10.7. The summed E-state index contributed by atoms with van der Waals surface area (Å²) >= 11 is 0. The van der Waals surface area contributed by atoms with Crippen LogP contribution in [0.1, 0.15) is 57.9 Å². The van der Waals surface area contributed by atoms with Crippen molar-refractivity contribution in [3.63, 3.8) is 0 Å². The van der Waals surface area contributed by atoms with Crippen molar-refractivity contribution in [1.82, 2.24) is 0 Å². The van der Waals surface area contributed by atoms with Crippen LogP contribution in [0.5, 0.6) is 5.75 Å². The van der Waals surface area contributed by atoms with Gasteiger partial charge in [-0.25, -0.2) is 8.42 Å². The number of hydrogen-bond donors (Lipinski definition) is 1. The maximum atomic E-state index is 12.8. The maximum absolute atomic E-state index is 12.8. The van der Waals surface area contributed by atoms with Crippen LogP contribution in [0.15, 0.2) is 47.4 Å². The summed E-state index contributed by atoms with van der Waals surface area (Å²) in [5.74, 6) is 1.67. The molecule has 1 fully saturated rings. The van der Waals surface area contributed by atoms with Gasteiger partial charge in [-0.15, -0.1) is 0 Å². The molecule has 7 nitrogen and oxygen atoms in total. The number of nitro benzene ring substituents is 1. The number of rotatable bonds is 6. The monoisotopic (exact) mass is 444 g/mol. The van der Waals surface area contributed by atoms with E-state index >= 15 is 0 Å². The van der Waals surface area contributed by atoms with Crippen LogP contribution in [0.25, 0.3) is 0 Å². The number of benzene rings is 2. The highest BCUT2D eigenvalue weighted by molar-refractivity contribution is 7.92. The molecule has 0 saturated heterocycles. The number of ether oxygens (including phenoxy) is 1. The zero-order valence-electron chi connectivity index (χ0n) is 18.0. The van der Waals surface area contributed by atoms with Gasteiger partial charge in [0.1, 0.15) is 11.9 Å². The van der Waals surface area contributed by atoms with E-state index in [-0.39, 0.29) is 28.0 Å². The molecule has 1 aliphatic carbocycles. The third kappa shape index (κ3) is 4.13. The molecule has 31 heavy (non-hydrogen) atoms. The number of nitro groups is 1. The van der Waals surface area contributed by atoms with E-state index in [2.05, 4.69) is 25.5 Å². The molecule has 1 N–H and O–H groups in total. The molecule has 0 amide bonds. The van der Waals surface area contributed by atoms with Crippen molar-refractivity contribution in [3.05, 3.63) is 58.1 Å². The highest BCUT2D eigenvalue weighted by Crippen LogP contribution is 2.52. The first-order valence-corrected chi connectivity index (χ1v) is 12.2. The number of sulfonamides is 1. The topological polar surface area (TPSA) is 98.5 Å². The fraction of sp³-hybridized carbons (Fsp3) is 0.478. The van der Waals surface area contributed by atoms with Gasteiger partial charge in [0, 0.05) is 29.3 Å². The first-order chi connectivity index (χ1) is 14.6. The van der Waals surface area contributed by atoms with E-state index in [1.54, 1.807) is 6.07 Å². The fourth-order valence-electron chi connectivity index (χ4n) is 4.76. The van der Waals surface area contributed by atoms with Crippen LogP contribution in [-0.4, -0.2) is 19.4 Å². The second-order valence-electron chi connectivity index (χ2n) is 9.23. The molecule has 0 radical (unpaired) electrons. The second-order valence-corrected chi connectivity index (χ2v) is 10.9.